The van der Waals surface area contributed by atoms with E-state index >= 15 is 0 Å². The maximum Gasteiger partial charge on any atom is 0.337 e. The van der Waals surface area contributed by atoms with E-state index in [-0.39, 0.29) is 12.2 Å². The van der Waals surface area contributed by atoms with Gasteiger partial charge >= 0.3 is 5.97 Å². The third kappa shape index (κ3) is 3.92. The van der Waals surface area contributed by atoms with Gasteiger partial charge in [-0.1, -0.05) is 6.08 Å². The van der Waals surface area contributed by atoms with Crippen LogP contribution in [0, 0.1) is 11.8 Å². The largest absolute Gasteiger partial charge is 0.471 e. The summed E-state index contributed by atoms with van der Waals surface area (Å²) in [4.78, 5) is 12.2. The fourth-order valence-electron chi connectivity index (χ4n) is 3.98. The molecule has 2 heterocycles. The second kappa shape index (κ2) is 9.06. The van der Waals surface area contributed by atoms with E-state index in [1.807, 2.05) is 0 Å². The number of ether oxygens (including phenoxy) is 5. The van der Waals surface area contributed by atoms with Crippen LogP contribution in [0.4, 0.5) is 0 Å². The highest BCUT2D eigenvalue weighted by Crippen LogP contribution is 2.45. The Morgan fingerprint density at radius 2 is 1.79 bits per heavy atom. The molecule has 3 aliphatic rings. The van der Waals surface area contributed by atoms with Gasteiger partial charge < -0.3 is 49.2 Å². The summed E-state index contributed by atoms with van der Waals surface area (Å²) >= 11 is 0. The highest BCUT2D eigenvalue weighted by molar-refractivity contribution is 5.89. The second-order valence-electron chi connectivity index (χ2n) is 7.05. The van der Waals surface area contributed by atoms with Gasteiger partial charge in [0, 0.05) is 13.0 Å². The molecule has 5 N–H and O–H groups in total. The summed E-state index contributed by atoms with van der Waals surface area (Å²) < 4.78 is 26.8. The van der Waals surface area contributed by atoms with Gasteiger partial charge in [-0.25, -0.2) is 4.79 Å². The van der Waals surface area contributed by atoms with Crippen molar-refractivity contribution in [3.05, 3.63) is 23.5 Å². The summed E-state index contributed by atoms with van der Waals surface area (Å²) in [6, 6.07) is 0. The first-order valence-electron chi connectivity index (χ1n) is 9.11. The summed E-state index contributed by atoms with van der Waals surface area (Å²) in [5, 5.41) is 49.2. The van der Waals surface area contributed by atoms with E-state index < -0.39 is 67.5 Å². The van der Waals surface area contributed by atoms with Crippen molar-refractivity contribution in [2.75, 3.05) is 27.4 Å². The van der Waals surface area contributed by atoms with Crippen molar-refractivity contribution >= 4 is 5.97 Å². The van der Waals surface area contributed by atoms with E-state index in [0.29, 0.717) is 5.57 Å². The van der Waals surface area contributed by atoms with Gasteiger partial charge in [-0.05, 0) is 5.57 Å². The summed E-state index contributed by atoms with van der Waals surface area (Å²) in [6.07, 6.45) is -6.21. The van der Waals surface area contributed by atoms with E-state index in [4.69, 9.17) is 23.7 Å². The molecule has 1 saturated heterocycles. The summed E-state index contributed by atoms with van der Waals surface area (Å²) in [7, 11) is 2.68. The van der Waals surface area contributed by atoms with Crippen LogP contribution < -0.4 is 0 Å². The third-order valence-electron chi connectivity index (χ3n) is 5.52. The smallest absolute Gasteiger partial charge is 0.337 e. The van der Waals surface area contributed by atoms with E-state index in [2.05, 4.69) is 0 Å². The molecule has 0 amide bonds. The van der Waals surface area contributed by atoms with Crippen LogP contribution in [0.5, 0.6) is 0 Å². The fraction of sp³-hybridized carbons (Fsp3) is 0.722. The molecular formula is C18H26O11. The monoisotopic (exact) mass is 418 g/mol. The number of carbonyl (C=O) groups excluding carboxylic acids is 1. The van der Waals surface area contributed by atoms with E-state index in [0.717, 1.165) is 0 Å². The highest BCUT2D eigenvalue weighted by atomic mass is 16.8. The fourth-order valence-corrected chi connectivity index (χ4v) is 3.98. The first-order valence-corrected chi connectivity index (χ1v) is 9.11. The number of rotatable bonds is 6. The van der Waals surface area contributed by atoms with Crippen molar-refractivity contribution in [3.63, 3.8) is 0 Å². The SMILES string of the molecule is COC(=O)C1=CO[C@@H](O[C@@H]2O[C@H](CO)[C@@H](O)[C@H](O)[C@H]2O)[C@@H]2C(CO)=C[C@@H](OC)[C@H]12. The normalized spacial score (nSPS) is 41.8. The second-order valence-corrected chi connectivity index (χ2v) is 7.05. The number of methoxy groups -OCH3 is 2. The predicted octanol–water partition coefficient (Wildman–Crippen LogP) is -2.60. The Hall–Kier alpha value is -1.57. The average molecular weight is 418 g/mol. The molecule has 0 aromatic carbocycles. The summed E-state index contributed by atoms with van der Waals surface area (Å²) in [6.45, 7) is -0.963. The lowest BCUT2D eigenvalue weighted by Gasteiger charge is -2.43. The van der Waals surface area contributed by atoms with E-state index in [9.17, 15) is 30.3 Å². The van der Waals surface area contributed by atoms with Crippen molar-refractivity contribution in [1.29, 1.82) is 0 Å². The Morgan fingerprint density at radius 1 is 1.07 bits per heavy atom. The number of fused-ring (bicyclic) bond motifs is 1. The number of hydrogen-bond donors (Lipinski definition) is 5. The maximum absolute atomic E-state index is 12.2. The molecule has 2 aliphatic heterocycles. The number of aliphatic hydroxyl groups is 5. The molecule has 3 rings (SSSR count). The molecule has 0 unspecified atom stereocenters. The quantitative estimate of drug-likeness (QED) is 0.227. The Morgan fingerprint density at radius 3 is 2.38 bits per heavy atom. The Labute approximate surface area is 166 Å². The van der Waals surface area contributed by atoms with Crippen molar-refractivity contribution in [3.8, 4) is 0 Å². The number of hydrogen-bond acceptors (Lipinski definition) is 11. The van der Waals surface area contributed by atoms with Crippen LogP contribution >= 0.6 is 0 Å². The van der Waals surface area contributed by atoms with Crippen LogP contribution in [-0.2, 0) is 28.5 Å². The van der Waals surface area contributed by atoms with Crippen LogP contribution in [-0.4, -0.2) is 102 Å². The van der Waals surface area contributed by atoms with Gasteiger partial charge in [0.25, 0.3) is 0 Å². The molecule has 1 aliphatic carbocycles. The van der Waals surface area contributed by atoms with Gasteiger partial charge in [-0.3, -0.25) is 0 Å². The molecule has 0 aromatic heterocycles. The first kappa shape index (κ1) is 22.1. The van der Waals surface area contributed by atoms with Crippen molar-refractivity contribution < 1.29 is 54.0 Å². The molecule has 1 fully saturated rings. The van der Waals surface area contributed by atoms with Gasteiger partial charge in [0.05, 0.1) is 44.2 Å². The molecule has 0 bridgehead atoms. The number of aliphatic hydroxyl groups excluding tert-OH is 5. The minimum absolute atomic E-state index is 0.192. The lowest BCUT2D eigenvalue weighted by atomic mass is 9.82. The van der Waals surface area contributed by atoms with Gasteiger partial charge in [0.15, 0.2) is 6.29 Å². The average Bonchev–Trinajstić information content (AvgIpc) is 3.13. The minimum Gasteiger partial charge on any atom is -0.471 e. The number of carbonyl (C=O) groups is 1. The minimum atomic E-state index is -1.62. The first-order chi connectivity index (χ1) is 13.9. The van der Waals surface area contributed by atoms with Crippen molar-refractivity contribution in [1.82, 2.24) is 0 Å². The van der Waals surface area contributed by atoms with Crippen LogP contribution in [0.3, 0.4) is 0 Å². The molecule has 0 radical (unpaired) electrons. The molecule has 0 saturated carbocycles. The molecule has 11 nitrogen and oxygen atoms in total. The highest BCUT2D eigenvalue weighted by Gasteiger charge is 2.52. The summed E-state index contributed by atoms with van der Waals surface area (Å²) in [5.74, 6) is -1.88. The van der Waals surface area contributed by atoms with Crippen molar-refractivity contribution in [2.24, 2.45) is 11.8 Å². The van der Waals surface area contributed by atoms with Crippen molar-refractivity contribution in [2.45, 2.75) is 43.1 Å². The zero-order valence-electron chi connectivity index (χ0n) is 16.0. The third-order valence-corrected chi connectivity index (χ3v) is 5.52. The zero-order valence-corrected chi connectivity index (χ0v) is 16.0. The van der Waals surface area contributed by atoms with Gasteiger partial charge in [0.2, 0.25) is 6.29 Å². The molecular weight excluding hydrogens is 392 g/mol. The molecule has 29 heavy (non-hydrogen) atoms. The van der Waals surface area contributed by atoms with Crippen LogP contribution in [0.1, 0.15) is 0 Å². The molecule has 0 aromatic rings. The lowest BCUT2D eigenvalue weighted by Crippen LogP contribution is -2.60. The van der Waals surface area contributed by atoms with Gasteiger partial charge in [-0.15, -0.1) is 0 Å². The molecule has 0 spiro atoms. The topological polar surface area (TPSA) is 164 Å². The number of esters is 1. The molecule has 164 valence electrons. The molecule has 9 atom stereocenters. The summed E-state index contributed by atoms with van der Waals surface area (Å²) in [5.41, 5.74) is 0.684. The van der Waals surface area contributed by atoms with Gasteiger partial charge in [-0.2, -0.15) is 0 Å². The standard InChI is InChI=1S/C18H26O11/c1-25-9-3-7(4-19)11-12(9)8(16(24)26-2)6-27-17(11)29-18-15(23)14(22)13(21)10(5-20)28-18/h3,6,9-15,17-23H,4-5H2,1-2H3/t9-,10-,11-,12+,13-,14+,15-,17+,18+/m1/s1. The maximum atomic E-state index is 12.2. The van der Waals surface area contributed by atoms with Crippen LogP contribution in [0.25, 0.3) is 0 Å². The Bertz CT molecular complexity index is 660. The predicted molar refractivity (Wildman–Crippen MR) is 92.8 cm³/mol. The van der Waals surface area contributed by atoms with E-state index in [1.54, 1.807) is 6.08 Å². The lowest BCUT2D eigenvalue weighted by molar-refractivity contribution is -0.340. The van der Waals surface area contributed by atoms with E-state index in [1.165, 1.54) is 20.5 Å². The van der Waals surface area contributed by atoms with Crippen LogP contribution in [0.15, 0.2) is 23.5 Å². The molecule has 11 heteroatoms. The Balaban J connectivity index is 1.87. The zero-order chi connectivity index (χ0) is 21.3. The Kier molecular flexibility index (Phi) is 6.91. The van der Waals surface area contributed by atoms with Gasteiger partial charge in [0.1, 0.15) is 24.4 Å². The van der Waals surface area contributed by atoms with Crippen LogP contribution in [0.2, 0.25) is 0 Å².